The molecule has 0 atom stereocenters. The normalized spacial score (nSPS) is 19.0. The molecule has 1 aliphatic rings. The molecule has 1 nitrogen and oxygen atoms in total. The molecule has 80 valence electrons. The summed E-state index contributed by atoms with van der Waals surface area (Å²) in [5.74, 6) is 0. The van der Waals surface area contributed by atoms with Gasteiger partial charge in [-0.15, -0.1) is 0 Å². The van der Waals surface area contributed by atoms with Crippen LogP contribution < -0.4 is 0 Å². The molecule has 14 heavy (non-hydrogen) atoms. The minimum atomic E-state index is 0.236. The van der Waals surface area contributed by atoms with Gasteiger partial charge in [0.05, 0.1) is 0 Å². The lowest BCUT2D eigenvalue weighted by molar-refractivity contribution is 0.474. The largest absolute Gasteiger partial charge is 0.265 e. The summed E-state index contributed by atoms with van der Waals surface area (Å²) < 4.78 is 0. The van der Waals surface area contributed by atoms with E-state index in [0.29, 0.717) is 0 Å². The molecule has 0 fully saturated rings. The highest BCUT2D eigenvalue weighted by molar-refractivity contribution is 5.90. The Labute approximate surface area is 88.3 Å². The number of rotatable bonds is 0. The molecule has 0 bridgehead atoms. The van der Waals surface area contributed by atoms with Crippen molar-refractivity contribution in [2.45, 2.75) is 54.4 Å². The molecule has 0 radical (unpaired) electrons. The summed E-state index contributed by atoms with van der Waals surface area (Å²) in [6.45, 7) is 13.5. The molecule has 0 amide bonds. The second kappa shape index (κ2) is 3.52. The van der Waals surface area contributed by atoms with Gasteiger partial charge in [0.15, 0.2) is 0 Å². The summed E-state index contributed by atoms with van der Waals surface area (Å²) >= 11 is 0. The second-order valence-electron chi connectivity index (χ2n) is 6.23. The average Bonchev–Trinajstić information content (AvgIpc) is 2.01. The van der Waals surface area contributed by atoms with Gasteiger partial charge in [-0.25, -0.2) is 0 Å². The smallest absolute Gasteiger partial charge is 0.0264 e. The van der Waals surface area contributed by atoms with Crippen molar-refractivity contribution in [1.29, 1.82) is 0 Å². The Hall–Kier alpha value is -0.590. The van der Waals surface area contributed by atoms with Gasteiger partial charge in [0.25, 0.3) is 0 Å². The highest BCUT2D eigenvalue weighted by Crippen LogP contribution is 2.33. The molecular formula is C13H23N. The third kappa shape index (κ3) is 2.70. The van der Waals surface area contributed by atoms with E-state index in [9.17, 15) is 0 Å². The standard InChI is InChI=1S/C13H23N/c1-12(2,3)10-7-8-11(14-9-10)13(4,5)6/h9H,7-8H2,1-6H3. The van der Waals surface area contributed by atoms with Crippen molar-refractivity contribution in [3.05, 3.63) is 11.8 Å². The summed E-state index contributed by atoms with van der Waals surface area (Å²) in [7, 11) is 0. The molecule has 1 heterocycles. The van der Waals surface area contributed by atoms with Crippen molar-refractivity contribution >= 4 is 5.71 Å². The quantitative estimate of drug-likeness (QED) is 0.547. The van der Waals surface area contributed by atoms with Gasteiger partial charge in [-0.1, -0.05) is 41.5 Å². The van der Waals surface area contributed by atoms with Crippen LogP contribution in [0.1, 0.15) is 54.4 Å². The number of nitrogens with zero attached hydrogens (tertiary/aromatic N) is 1. The van der Waals surface area contributed by atoms with Crippen LogP contribution >= 0.6 is 0 Å². The first kappa shape index (κ1) is 11.5. The summed E-state index contributed by atoms with van der Waals surface area (Å²) in [5.41, 5.74) is 3.34. The van der Waals surface area contributed by atoms with E-state index < -0.39 is 0 Å². The Bertz CT molecular complexity index is 239. The van der Waals surface area contributed by atoms with E-state index in [1.54, 1.807) is 0 Å². The third-order valence-corrected chi connectivity index (χ3v) is 2.84. The molecule has 1 rings (SSSR count). The predicted molar refractivity (Wildman–Crippen MR) is 63.7 cm³/mol. The van der Waals surface area contributed by atoms with E-state index >= 15 is 0 Å². The van der Waals surface area contributed by atoms with Gasteiger partial charge in [-0.3, -0.25) is 4.99 Å². The van der Waals surface area contributed by atoms with Crippen molar-refractivity contribution in [2.75, 3.05) is 0 Å². The van der Waals surface area contributed by atoms with Gasteiger partial charge in [0, 0.05) is 17.3 Å². The predicted octanol–water partition coefficient (Wildman–Crippen LogP) is 4.20. The molecule has 1 aliphatic heterocycles. The molecular weight excluding hydrogens is 170 g/mol. The van der Waals surface area contributed by atoms with Gasteiger partial charge in [0.1, 0.15) is 0 Å². The minimum absolute atomic E-state index is 0.236. The van der Waals surface area contributed by atoms with Crippen molar-refractivity contribution in [1.82, 2.24) is 0 Å². The molecule has 0 saturated carbocycles. The lowest BCUT2D eigenvalue weighted by Crippen LogP contribution is -2.23. The molecule has 0 aromatic heterocycles. The van der Waals surface area contributed by atoms with E-state index in [1.165, 1.54) is 17.7 Å². The SMILES string of the molecule is CC(C)(C)C1=CN=C(C(C)(C)C)CC1. The fourth-order valence-corrected chi connectivity index (χ4v) is 1.68. The van der Waals surface area contributed by atoms with Crippen LogP contribution in [0, 0.1) is 10.8 Å². The summed E-state index contributed by atoms with van der Waals surface area (Å²) in [4.78, 5) is 4.60. The molecule has 0 unspecified atom stereocenters. The van der Waals surface area contributed by atoms with Crippen LogP contribution in [0.15, 0.2) is 16.8 Å². The van der Waals surface area contributed by atoms with Crippen LogP contribution in [0.4, 0.5) is 0 Å². The topological polar surface area (TPSA) is 12.4 Å². The van der Waals surface area contributed by atoms with Gasteiger partial charge < -0.3 is 0 Å². The first-order valence-corrected chi connectivity index (χ1v) is 5.48. The molecule has 0 spiro atoms. The molecule has 0 aliphatic carbocycles. The van der Waals surface area contributed by atoms with Gasteiger partial charge in [-0.05, 0) is 23.8 Å². The van der Waals surface area contributed by atoms with Crippen molar-refractivity contribution in [2.24, 2.45) is 15.8 Å². The van der Waals surface area contributed by atoms with Crippen molar-refractivity contribution in [3.8, 4) is 0 Å². The second-order valence-corrected chi connectivity index (χ2v) is 6.23. The van der Waals surface area contributed by atoms with Crippen LogP contribution in [0.5, 0.6) is 0 Å². The van der Waals surface area contributed by atoms with E-state index in [2.05, 4.69) is 52.7 Å². The van der Waals surface area contributed by atoms with E-state index in [0.717, 1.165) is 6.42 Å². The molecule has 0 saturated heterocycles. The fraction of sp³-hybridized carbons (Fsp3) is 0.769. The Morgan fingerprint density at radius 3 is 1.79 bits per heavy atom. The Balaban J connectivity index is 2.85. The first-order chi connectivity index (χ1) is 6.21. The zero-order chi connectivity index (χ0) is 11.0. The van der Waals surface area contributed by atoms with Crippen LogP contribution in [0.3, 0.4) is 0 Å². The summed E-state index contributed by atoms with van der Waals surface area (Å²) in [6.07, 6.45) is 4.40. The van der Waals surface area contributed by atoms with Crippen LogP contribution in [0.25, 0.3) is 0 Å². The molecule has 0 N–H and O–H groups in total. The number of hydrogen-bond acceptors (Lipinski definition) is 1. The monoisotopic (exact) mass is 193 g/mol. The minimum Gasteiger partial charge on any atom is -0.265 e. The first-order valence-electron chi connectivity index (χ1n) is 5.48. The number of hydrogen-bond donors (Lipinski definition) is 0. The van der Waals surface area contributed by atoms with Crippen molar-refractivity contribution in [3.63, 3.8) is 0 Å². The zero-order valence-electron chi connectivity index (χ0n) is 10.4. The van der Waals surface area contributed by atoms with Crippen molar-refractivity contribution < 1.29 is 0 Å². The number of aliphatic imine (C=N–C) groups is 1. The van der Waals surface area contributed by atoms with Crippen LogP contribution in [-0.2, 0) is 0 Å². The van der Waals surface area contributed by atoms with E-state index in [1.807, 2.05) is 0 Å². The van der Waals surface area contributed by atoms with Crippen LogP contribution in [-0.4, -0.2) is 5.71 Å². The zero-order valence-corrected chi connectivity index (χ0v) is 10.4. The maximum absolute atomic E-state index is 4.60. The lowest BCUT2D eigenvalue weighted by Gasteiger charge is -2.29. The highest BCUT2D eigenvalue weighted by atomic mass is 14.7. The Kier molecular flexibility index (Phi) is 2.89. The van der Waals surface area contributed by atoms with Gasteiger partial charge in [0.2, 0.25) is 0 Å². The van der Waals surface area contributed by atoms with Gasteiger partial charge in [-0.2, -0.15) is 0 Å². The maximum Gasteiger partial charge on any atom is 0.0264 e. The third-order valence-electron chi connectivity index (χ3n) is 2.84. The Morgan fingerprint density at radius 2 is 1.50 bits per heavy atom. The molecule has 0 aromatic rings. The number of allylic oxidation sites excluding steroid dienone is 1. The van der Waals surface area contributed by atoms with Crippen LogP contribution in [0.2, 0.25) is 0 Å². The fourth-order valence-electron chi connectivity index (χ4n) is 1.68. The van der Waals surface area contributed by atoms with Gasteiger partial charge >= 0.3 is 0 Å². The Morgan fingerprint density at radius 1 is 0.929 bits per heavy atom. The van der Waals surface area contributed by atoms with E-state index in [4.69, 9.17) is 0 Å². The highest BCUT2D eigenvalue weighted by Gasteiger charge is 2.24. The lowest BCUT2D eigenvalue weighted by atomic mass is 9.79. The molecule has 1 heteroatoms. The molecule has 0 aromatic carbocycles. The summed E-state index contributed by atoms with van der Waals surface area (Å²) in [6, 6.07) is 0. The summed E-state index contributed by atoms with van der Waals surface area (Å²) in [5, 5.41) is 0. The average molecular weight is 193 g/mol. The van der Waals surface area contributed by atoms with E-state index in [-0.39, 0.29) is 10.8 Å². The maximum atomic E-state index is 4.60.